The lowest BCUT2D eigenvalue weighted by atomic mass is 10.0. The molecule has 0 fully saturated rings. The fourth-order valence-electron chi connectivity index (χ4n) is 3.37. The van der Waals surface area contributed by atoms with Gasteiger partial charge in [-0.15, -0.1) is 0 Å². The maximum absolute atomic E-state index is 10.8. The van der Waals surface area contributed by atoms with Gasteiger partial charge < -0.3 is 4.74 Å². The SMILES string of the molecule is N#C/C(=C/c1cc(I)c(OCc2ccc([N+](=O)[O-])cc2)c(I)c1)c1ccc2ccccc2c1. The fraction of sp³-hybridized carbons (Fsp3) is 0.0385. The van der Waals surface area contributed by atoms with E-state index < -0.39 is 4.92 Å². The van der Waals surface area contributed by atoms with Crippen molar-refractivity contribution >= 4 is 73.3 Å². The highest BCUT2D eigenvalue weighted by atomic mass is 127. The second-order valence-corrected chi connectivity index (χ2v) is 9.58. The summed E-state index contributed by atoms with van der Waals surface area (Å²) in [6.45, 7) is 0.305. The van der Waals surface area contributed by atoms with Crippen LogP contribution in [-0.4, -0.2) is 4.92 Å². The van der Waals surface area contributed by atoms with Crippen LogP contribution in [0.2, 0.25) is 0 Å². The summed E-state index contributed by atoms with van der Waals surface area (Å²) < 4.78 is 7.84. The van der Waals surface area contributed by atoms with Gasteiger partial charge >= 0.3 is 0 Å². The van der Waals surface area contributed by atoms with Crippen LogP contribution in [0.25, 0.3) is 22.4 Å². The van der Waals surface area contributed by atoms with E-state index in [1.165, 1.54) is 12.1 Å². The molecule has 0 radical (unpaired) electrons. The molecule has 0 N–H and O–H groups in total. The lowest BCUT2D eigenvalue weighted by Crippen LogP contribution is -2.00. The Hall–Kier alpha value is -2.97. The third-order valence-corrected chi connectivity index (χ3v) is 6.65. The highest BCUT2D eigenvalue weighted by Gasteiger charge is 2.11. The summed E-state index contributed by atoms with van der Waals surface area (Å²) >= 11 is 4.44. The van der Waals surface area contributed by atoms with Gasteiger partial charge in [-0.1, -0.05) is 36.4 Å². The van der Waals surface area contributed by atoms with Crippen molar-refractivity contribution in [1.29, 1.82) is 5.26 Å². The van der Waals surface area contributed by atoms with Crippen LogP contribution in [-0.2, 0) is 6.61 Å². The molecule has 0 aromatic heterocycles. The van der Waals surface area contributed by atoms with E-state index in [0.717, 1.165) is 40.4 Å². The van der Waals surface area contributed by atoms with Gasteiger partial charge in [-0.3, -0.25) is 10.1 Å². The first-order valence-electron chi connectivity index (χ1n) is 9.91. The smallest absolute Gasteiger partial charge is 0.269 e. The summed E-state index contributed by atoms with van der Waals surface area (Å²) in [7, 11) is 0. The Labute approximate surface area is 218 Å². The van der Waals surface area contributed by atoms with Gasteiger partial charge in [-0.05, 0) is 109 Å². The van der Waals surface area contributed by atoms with Gasteiger partial charge in [0, 0.05) is 12.1 Å². The number of nitrogens with zero attached hydrogens (tertiary/aromatic N) is 2. The van der Waals surface area contributed by atoms with E-state index in [2.05, 4.69) is 57.3 Å². The minimum absolute atomic E-state index is 0.0544. The Bertz CT molecular complexity index is 1400. The first-order valence-corrected chi connectivity index (χ1v) is 12.1. The van der Waals surface area contributed by atoms with Crippen LogP contribution in [0.4, 0.5) is 5.69 Å². The number of nitro groups is 1. The Morgan fingerprint density at radius 1 is 0.970 bits per heavy atom. The number of nitro benzene ring substituents is 1. The van der Waals surface area contributed by atoms with Crippen molar-refractivity contribution in [2.24, 2.45) is 0 Å². The van der Waals surface area contributed by atoms with E-state index in [9.17, 15) is 15.4 Å². The quantitative estimate of drug-likeness (QED) is 0.0704. The van der Waals surface area contributed by atoms with Crippen LogP contribution in [0, 0.1) is 28.6 Å². The van der Waals surface area contributed by atoms with E-state index in [0.29, 0.717) is 12.2 Å². The summed E-state index contributed by atoms with van der Waals surface area (Å²) in [4.78, 5) is 10.4. The summed E-state index contributed by atoms with van der Waals surface area (Å²) in [5.41, 5.74) is 3.28. The van der Waals surface area contributed by atoms with Gasteiger partial charge in [-0.2, -0.15) is 5.26 Å². The molecular weight excluding hydrogens is 642 g/mol. The molecule has 0 amide bonds. The second-order valence-electron chi connectivity index (χ2n) is 7.26. The minimum atomic E-state index is -0.420. The largest absolute Gasteiger partial charge is 0.487 e. The van der Waals surface area contributed by atoms with Crippen LogP contribution in [0.3, 0.4) is 0 Å². The predicted octanol–water partition coefficient (Wildman–Crippen LogP) is 7.60. The Morgan fingerprint density at radius 2 is 1.64 bits per heavy atom. The van der Waals surface area contributed by atoms with E-state index in [4.69, 9.17) is 4.74 Å². The van der Waals surface area contributed by atoms with Crippen LogP contribution in [0.1, 0.15) is 16.7 Å². The highest BCUT2D eigenvalue weighted by molar-refractivity contribution is 14.1. The average Bonchev–Trinajstić information content (AvgIpc) is 2.82. The van der Waals surface area contributed by atoms with Crippen molar-refractivity contribution in [3.05, 3.63) is 113 Å². The van der Waals surface area contributed by atoms with E-state index in [-0.39, 0.29) is 5.69 Å². The van der Waals surface area contributed by atoms with E-state index in [1.807, 2.05) is 54.6 Å². The van der Waals surface area contributed by atoms with Gasteiger partial charge in [0.25, 0.3) is 5.69 Å². The first kappa shape index (κ1) is 23.2. The Kier molecular flexibility index (Phi) is 7.25. The molecule has 0 aliphatic rings. The topological polar surface area (TPSA) is 76.2 Å². The van der Waals surface area contributed by atoms with Crippen molar-refractivity contribution in [2.75, 3.05) is 0 Å². The predicted molar refractivity (Wildman–Crippen MR) is 147 cm³/mol. The molecule has 0 atom stereocenters. The van der Waals surface area contributed by atoms with Gasteiger partial charge in [0.05, 0.1) is 23.7 Å². The molecule has 0 aliphatic heterocycles. The molecular formula is C26H16I2N2O3. The maximum Gasteiger partial charge on any atom is 0.269 e. The van der Waals surface area contributed by atoms with Crippen molar-refractivity contribution in [2.45, 2.75) is 6.61 Å². The number of rotatable bonds is 6. The molecule has 0 saturated heterocycles. The van der Waals surface area contributed by atoms with E-state index in [1.54, 1.807) is 12.1 Å². The monoisotopic (exact) mass is 658 g/mol. The lowest BCUT2D eigenvalue weighted by molar-refractivity contribution is -0.384. The van der Waals surface area contributed by atoms with E-state index >= 15 is 0 Å². The number of ether oxygens (including phenoxy) is 1. The van der Waals surface area contributed by atoms with Crippen molar-refractivity contribution in [3.63, 3.8) is 0 Å². The summed E-state index contributed by atoms with van der Waals surface area (Å²) in [6, 6.07) is 26.7. The number of hydrogen-bond donors (Lipinski definition) is 0. The number of nitriles is 1. The highest BCUT2D eigenvalue weighted by Crippen LogP contribution is 2.32. The van der Waals surface area contributed by atoms with Crippen LogP contribution >= 0.6 is 45.2 Å². The Balaban J connectivity index is 1.56. The van der Waals surface area contributed by atoms with Crippen LogP contribution in [0.5, 0.6) is 5.75 Å². The molecule has 4 aromatic rings. The molecule has 0 unspecified atom stereocenters. The summed E-state index contributed by atoms with van der Waals surface area (Å²) in [5, 5.41) is 22.8. The zero-order chi connectivity index (χ0) is 23.4. The molecule has 0 bridgehead atoms. The van der Waals surface area contributed by atoms with Crippen molar-refractivity contribution in [3.8, 4) is 11.8 Å². The number of fused-ring (bicyclic) bond motifs is 1. The third-order valence-electron chi connectivity index (χ3n) is 5.04. The zero-order valence-electron chi connectivity index (χ0n) is 17.2. The molecule has 0 aliphatic carbocycles. The fourth-order valence-corrected chi connectivity index (χ4v) is 5.50. The number of non-ortho nitro benzene ring substituents is 1. The van der Waals surface area contributed by atoms with Gasteiger partial charge in [-0.25, -0.2) is 0 Å². The maximum atomic E-state index is 10.8. The number of allylic oxidation sites excluding steroid dienone is 1. The van der Waals surface area contributed by atoms with Crippen molar-refractivity contribution < 1.29 is 9.66 Å². The molecule has 7 heteroatoms. The molecule has 0 spiro atoms. The molecule has 5 nitrogen and oxygen atoms in total. The minimum Gasteiger partial charge on any atom is -0.487 e. The number of hydrogen-bond acceptors (Lipinski definition) is 4. The van der Waals surface area contributed by atoms with Crippen LogP contribution in [0.15, 0.2) is 78.9 Å². The van der Waals surface area contributed by atoms with Crippen LogP contribution < -0.4 is 4.74 Å². The number of halogens is 2. The molecule has 33 heavy (non-hydrogen) atoms. The van der Waals surface area contributed by atoms with Gasteiger partial charge in [0.2, 0.25) is 0 Å². The molecule has 162 valence electrons. The standard InChI is InChI=1S/C26H16I2N2O3/c27-24-12-18(11-22(15-29)21-8-7-19-3-1-2-4-20(19)14-21)13-25(28)26(24)33-16-17-5-9-23(10-6-17)30(31)32/h1-14H,16H2/b22-11-. The summed E-state index contributed by atoms with van der Waals surface area (Å²) in [6.07, 6.45) is 1.88. The molecule has 0 saturated carbocycles. The lowest BCUT2D eigenvalue weighted by Gasteiger charge is -2.12. The Morgan fingerprint density at radius 3 is 2.27 bits per heavy atom. The third kappa shape index (κ3) is 5.51. The summed E-state index contributed by atoms with van der Waals surface area (Å²) in [5.74, 6) is 0.746. The first-order chi connectivity index (χ1) is 15.9. The van der Waals surface area contributed by atoms with Gasteiger partial charge in [0.1, 0.15) is 12.4 Å². The normalized spacial score (nSPS) is 11.2. The molecule has 0 heterocycles. The molecule has 4 rings (SSSR count). The van der Waals surface area contributed by atoms with Gasteiger partial charge in [0.15, 0.2) is 0 Å². The van der Waals surface area contributed by atoms with Crippen molar-refractivity contribution in [1.82, 2.24) is 0 Å². The average molecular weight is 658 g/mol. The zero-order valence-corrected chi connectivity index (χ0v) is 21.5. The second kappa shape index (κ2) is 10.3. The molecule has 4 aromatic carbocycles. The number of benzene rings is 4.